The van der Waals surface area contributed by atoms with Crippen LogP contribution in [0.1, 0.15) is 12.5 Å². The lowest BCUT2D eigenvalue weighted by atomic mass is 10.1. The Bertz CT molecular complexity index is 1160. The van der Waals surface area contributed by atoms with Crippen molar-refractivity contribution in [2.45, 2.75) is 6.92 Å². The Balaban J connectivity index is 1.43. The highest BCUT2D eigenvalue weighted by Gasteiger charge is 2.04. The Kier molecular flexibility index (Phi) is 9.07. The maximum Gasteiger partial charge on any atom is 0.335 e. The first-order valence-electron chi connectivity index (χ1n) is 10.7. The molecule has 0 heterocycles. The minimum Gasteiger partial charge on any atom is -0.497 e. The summed E-state index contributed by atoms with van der Waals surface area (Å²) in [6.07, 6.45) is 2.99. The molecule has 35 heavy (non-hydrogen) atoms. The first-order valence-corrected chi connectivity index (χ1v) is 10.7. The minimum atomic E-state index is -0.505. The molecule has 0 fully saturated rings. The topological polar surface area (TPSA) is 80.3 Å². The maximum absolute atomic E-state index is 11.9. The summed E-state index contributed by atoms with van der Waals surface area (Å²) >= 11 is 0. The van der Waals surface area contributed by atoms with Crippen molar-refractivity contribution < 1.29 is 33.3 Å². The molecule has 0 amide bonds. The van der Waals surface area contributed by atoms with Gasteiger partial charge in [-0.2, -0.15) is 0 Å². The van der Waals surface area contributed by atoms with E-state index in [9.17, 15) is 9.59 Å². The molecule has 3 aromatic carbocycles. The Hall–Kier alpha value is -4.52. The zero-order valence-electron chi connectivity index (χ0n) is 19.6. The standard InChI is InChI=1S/C28H26O7/c1-20(2)28(30)35-19-33-26-15-9-23(10-16-26)22-7-13-25(14-8-22)32-18-34-27(29)17-6-21-4-11-24(31-3)12-5-21/h4-17H,1,18-19H2,2-3H3/b17-6+. The molecule has 3 aromatic rings. The van der Waals surface area contributed by atoms with Crippen molar-refractivity contribution in [2.24, 2.45) is 0 Å². The number of benzene rings is 3. The quantitative estimate of drug-likeness (QED) is 0.209. The second kappa shape index (κ2) is 12.6. The van der Waals surface area contributed by atoms with Crippen LogP contribution in [0, 0.1) is 0 Å². The molecule has 180 valence electrons. The highest BCUT2D eigenvalue weighted by atomic mass is 16.7. The summed E-state index contributed by atoms with van der Waals surface area (Å²) in [5.74, 6) is 0.887. The zero-order chi connectivity index (χ0) is 25.0. The van der Waals surface area contributed by atoms with E-state index in [-0.39, 0.29) is 13.6 Å². The molecule has 0 N–H and O–H groups in total. The van der Waals surface area contributed by atoms with Gasteiger partial charge in [0, 0.05) is 11.6 Å². The van der Waals surface area contributed by atoms with Crippen LogP contribution in [0.4, 0.5) is 0 Å². The van der Waals surface area contributed by atoms with Crippen LogP contribution in [0.15, 0.2) is 91.0 Å². The van der Waals surface area contributed by atoms with Gasteiger partial charge in [-0.05, 0) is 66.1 Å². The van der Waals surface area contributed by atoms with E-state index in [0.717, 1.165) is 22.4 Å². The molecule has 0 aromatic heterocycles. The lowest BCUT2D eigenvalue weighted by Gasteiger charge is -2.09. The van der Waals surface area contributed by atoms with E-state index in [0.29, 0.717) is 17.1 Å². The van der Waals surface area contributed by atoms with E-state index in [1.165, 1.54) is 6.08 Å². The normalized spacial score (nSPS) is 10.5. The first kappa shape index (κ1) is 25.1. The Morgan fingerprint density at radius 3 is 1.71 bits per heavy atom. The van der Waals surface area contributed by atoms with Crippen molar-refractivity contribution in [2.75, 3.05) is 20.7 Å². The molecule has 7 nitrogen and oxygen atoms in total. The van der Waals surface area contributed by atoms with Crippen LogP contribution in [-0.2, 0) is 19.1 Å². The van der Waals surface area contributed by atoms with Crippen LogP contribution in [-0.4, -0.2) is 32.6 Å². The van der Waals surface area contributed by atoms with Gasteiger partial charge >= 0.3 is 11.9 Å². The first-order chi connectivity index (χ1) is 16.9. The van der Waals surface area contributed by atoms with Crippen molar-refractivity contribution in [3.05, 3.63) is 96.6 Å². The van der Waals surface area contributed by atoms with Crippen LogP contribution in [0.3, 0.4) is 0 Å². The van der Waals surface area contributed by atoms with Gasteiger partial charge in [0.2, 0.25) is 13.6 Å². The maximum atomic E-state index is 11.9. The molecule has 0 aliphatic heterocycles. The smallest absolute Gasteiger partial charge is 0.335 e. The average molecular weight is 475 g/mol. The molecule has 0 saturated heterocycles. The number of methoxy groups -OCH3 is 1. The van der Waals surface area contributed by atoms with Gasteiger partial charge in [-0.3, -0.25) is 0 Å². The minimum absolute atomic E-state index is 0.182. The molecule has 3 rings (SSSR count). The van der Waals surface area contributed by atoms with Gasteiger partial charge in [-0.25, -0.2) is 9.59 Å². The van der Waals surface area contributed by atoms with E-state index in [4.69, 9.17) is 23.7 Å². The van der Waals surface area contributed by atoms with Gasteiger partial charge in [0.1, 0.15) is 17.2 Å². The SMILES string of the molecule is C=C(C)C(=O)OCOc1ccc(-c2ccc(OCOC(=O)/C=C/c3ccc(OC)cc3)cc2)cc1. The molecule has 0 bridgehead atoms. The fourth-order valence-corrected chi connectivity index (χ4v) is 2.84. The van der Waals surface area contributed by atoms with Crippen molar-refractivity contribution in [1.29, 1.82) is 0 Å². The predicted octanol–water partition coefficient (Wildman–Crippen LogP) is 5.41. The summed E-state index contributed by atoms with van der Waals surface area (Å²) in [7, 11) is 1.60. The van der Waals surface area contributed by atoms with E-state index in [1.54, 1.807) is 44.4 Å². The van der Waals surface area contributed by atoms with Gasteiger partial charge in [0.25, 0.3) is 0 Å². The van der Waals surface area contributed by atoms with Crippen molar-refractivity contribution in [3.63, 3.8) is 0 Å². The van der Waals surface area contributed by atoms with Crippen LogP contribution in [0.2, 0.25) is 0 Å². The molecule has 0 unspecified atom stereocenters. The summed E-state index contributed by atoms with van der Waals surface area (Å²) < 4.78 is 26.0. The largest absolute Gasteiger partial charge is 0.497 e. The summed E-state index contributed by atoms with van der Waals surface area (Å²) in [5.41, 5.74) is 3.11. The summed E-state index contributed by atoms with van der Waals surface area (Å²) in [5, 5.41) is 0. The molecule has 0 saturated carbocycles. The Morgan fingerprint density at radius 2 is 1.23 bits per heavy atom. The molecule has 0 radical (unpaired) electrons. The number of ether oxygens (including phenoxy) is 5. The fourth-order valence-electron chi connectivity index (χ4n) is 2.84. The number of esters is 2. The van der Waals surface area contributed by atoms with Crippen LogP contribution >= 0.6 is 0 Å². The number of hydrogen-bond donors (Lipinski definition) is 0. The van der Waals surface area contributed by atoms with Crippen molar-refractivity contribution in [3.8, 4) is 28.4 Å². The second-order valence-electron chi connectivity index (χ2n) is 7.36. The van der Waals surface area contributed by atoms with Crippen LogP contribution < -0.4 is 14.2 Å². The van der Waals surface area contributed by atoms with Gasteiger partial charge in [-0.1, -0.05) is 43.0 Å². The number of rotatable bonds is 11. The average Bonchev–Trinajstić information content (AvgIpc) is 2.88. The highest BCUT2D eigenvalue weighted by Crippen LogP contribution is 2.24. The van der Waals surface area contributed by atoms with E-state index < -0.39 is 11.9 Å². The molecule has 7 heteroatoms. The molecule has 0 spiro atoms. The van der Waals surface area contributed by atoms with E-state index in [2.05, 4.69) is 6.58 Å². The summed E-state index contributed by atoms with van der Waals surface area (Å²) in [6, 6.07) is 22.0. The molecule has 0 aliphatic carbocycles. The molecule has 0 aliphatic rings. The Labute approximate surface area is 204 Å². The third kappa shape index (κ3) is 8.08. The molecular weight excluding hydrogens is 448 g/mol. The lowest BCUT2D eigenvalue weighted by Crippen LogP contribution is -2.10. The number of hydrogen-bond acceptors (Lipinski definition) is 7. The van der Waals surface area contributed by atoms with Gasteiger partial charge in [-0.15, -0.1) is 0 Å². The summed E-state index contributed by atoms with van der Waals surface area (Å²) in [6.45, 7) is 4.70. The Morgan fingerprint density at radius 1 is 0.743 bits per heavy atom. The lowest BCUT2D eigenvalue weighted by molar-refractivity contribution is -0.145. The van der Waals surface area contributed by atoms with Gasteiger partial charge < -0.3 is 23.7 Å². The molecular formula is C28H26O7. The van der Waals surface area contributed by atoms with E-state index >= 15 is 0 Å². The monoisotopic (exact) mass is 474 g/mol. The van der Waals surface area contributed by atoms with Gasteiger partial charge in [0.05, 0.1) is 7.11 Å². The third-order valence-corrected chi connectivity index (χ3v) is 4.76. The van der Waals surface area contributed by atoms with Crippen LogP contribution in [0.25, 0.3) is 17.2 Å². The van der Waals surface area contributed by atoms with Crippen molar-refractivity contribution >= 4 is 18.0 Å². The highest BCUT2D eigenvalue weighted by molar-refractivity contribution is 5.87. The number of carbonyl (C=O) groups excluding carboxylic acids is 2. The second-order valence-corrected chi connectivity index (χ2v) is 7.36. The fraction of sp³-hybridized carbons (Fsp3) is 0.143. The third-order valence-electron chi connectivity index (χ3n) is 4.76. The predicted molar refractivity (Wildman–Crippen MR) is 132 cm³/mol. The number of carbonyl (C=O) groups is 2. The van der Waals surface area contributed by atoms with E-state index in [1.807, 2.05) is 48.5 Å². The molecule has 0 atom stereocenters. The van der Waals surface area contributed by atoms with Gasteiger partial charge in [0.15, 0.2) is 0 Å². The zero-order valence-corrected chi connectivity index (χ0v) is 19.6. The van der Waals surface area contributed by atoms with Crippen molar-refractivity contribution in [1.82, 2.24) is 0 Å². The van der Waals surface area contributed by atoms with Crippen LogP contribution in [0.5, 0.6) is 17.2 Å². The summed E-state index contributed by atoms with van der Waals surface area (Å²) in [4.78, 5) is 23.2.